The topological polar surface area (TPSA) is 13.1 Å². The van der Waals surface area contributed by atoms with Gasteiger partial charge in [-0.1, -0.05) is 47.5 Å². The molecule has 17 heavy (non-hydrogen) atoms. The molecule has 0 aliphatic rings. The number of halogens is 2. The van der Waals surface area contributed by atoms with E-state index in [1.165, 1.54) is 0 Å². The maximum Gasteiger partial charge on any atom is 0.136 e. The van der Waals surface area contributed by atoms with Crippen LogP contribution in [0.4, 0.5) is 0 Å². The maximum absolute atomic E-state index is 6.16. The summed E-state index contributed by atoms with van der Waals surface area (Å²) in [6, 6.07) is 15.3. The van der Waals surface area contributed by atoms with Gasteiger partial charge in [-0.05, 0) is 24.3 Å². The zero-order chi connectivity index (χ0) is 11.8. The van der Waals surface area contributed by atoms with Crippen molar-refractivity contribution in [1.29, 1.82) is 0 Å². The zero-order valence-electron chi connectivity index (χ0n) is 8.78. The van der Waals surface area contributed by atoms with Crippen LogP contribution in [0.5, 0.6) is 0 Å². The third-order valence-corrected chi connectivity index (χ3v) is 3.46. The summed E-state index contributed by atoms with van der Waals surface area (Å²) in [5, 5.41) is 2.11. The number of furan rings is 1. The van der Waals surface area contributed by atoms with Crippen LogP contribution in [0.1, 0.15) is 0 Å². The highest BCUT2D eigenvalue weighted by Crippen LogP contribution is 2.36. The first kappa shape index (κ1) is 10.7. The van der Waals surface area contributed by atoms with Gasteiger partial charge in [-0.2, -0.15) is 0 Å². The minimum Gasteiger partial charge on any atom is -0.456 e. The highest BCUT2D eigenvalue weighted by Gasteiger charge is 2.11. The van der Waals surface area contributed by atoms with Crippen molar-refractivity contribution in [3.63, 3.8) is 0 Å². The molecule has 1 nitrogen and oxygen atoms in total. The van der Waals surface area contributed by atoms with Gasteiger partial charge in [-0.3, -0.25) is 0 Å². The van der Waals surface area contributed by atoms with Gasteiger partial charge < -0.3 is 4.42 Å². The summed E-state index contributed by atoms with van der Waals surface area (Å²) in [7, 11) is 0. The molecule has 0 radical (unpaired) electrons. The molecule has 1 aromatic heterocycles. The number of hydrogen-bond acceptors (Lipinski definition) is 1. The summed E-state index contributed by atoms with van der Waals surface area (Å²) >= 11 is 12.2. The van der Waals surface area contributed by atoms with E-state index in [1.54, 1.807) is 6.07 Å². The fourth-order valence-electron chi connectivity index (χ4n) is 1.81. The van der Waals surface area contributed by atoms with Crippen molar-refractivity contribution in [3.8, 4) is 11.3 Å². The van der Waals surface area contributed by atoms with Crippen LogP contribution in [-0.2, 0) is 0 Å². The van der Waals surface area contributed by atoms with E-state index in [2.05, 4.69) is 0 Å². The molecular weight excluding hydrogens is 255 g/mol. The number of para-hydroxylation sites is 1. The monoisotopic (exact) mass is 262 g/mol. The van der Waals surface area contributed by atoms with E-state index in [4.69, 9.17) is 27.6 Å². The van der Waals surface area contributed by atoms with Crippen LogP contribution >= 0.6 is 23.2 Å². The van der Waals surface area contributed by atoms with E-state index >= 15 is 0 Å². The Labute approximate surface area is 109 Å². The summed E-state index contributed by atoms with van der Waals surface area (Å²) in [6.07, 6.45) is 0. The second-order valence-corrected chi connectivity index (χ2v) is 4.54. The molecule has 0 N–H and O–H groups in total. The van der Waals surface area contributed by atoms with Gasteiger partial charge >= 0.3 is 0 Å². The predicted molar refractivity (Wildman–Crippen MR) is 71.7 cm³/mol. The lowest BCUT2D eigenvalue weighted by Gasteiger charge is -2.01. The highest BCUT2D eigenvalue weighted by molar-refractivity contribution is 6.43. The van der Waals surface area contributed by atoms with Crippen molar-refractivity contribution in [2.45, 2.75) is 0 Å². The minimum atomic E-state index is 0.522. The van der Waals surface area contributed by atoms with Gasteiger partial charge in [0.1, 0.15) is 11.3 Å². The average molecular weight is 263 g/mol. The van der Waals surface area contributed by atoms with E-state index in [-0.39, 0.29) is 0 Å². The Morgan fingerprint density at radius 1 is 0.882 bits per heavy atom. The summed E-state index contributed by atoms with van der Waals surface area (Å²) in [6.45, 7) is 0. The van der Waals surface area contributed by atoms with E-state index in [9.17, 15) is 0 Å². The van der Waals surface area contributed by atoms with Crippen LogP contribution < -0.4 is 0 Å². The second-order valence-electron chi connectivity index (χ2n) is 3.75. The summed E-state index contributed by atoms with van der Waals surface area (Å²) < 4.78 is 5.75. The molecule has 3 heteroatoms. The predicted octanol–water partition coefficient (Wildman–Crippen LogP) is 5.41. The summed E-state index contributed by atoms with van der Waals surface area (Å²) in [5.41, 5.74) is 1.66. The molecule has 0 bridgehead atoms. The van der Waals surface area contributed by atoms with E-state index in [0.29, 0.717) is 10.0 Å². The molecule has 0 amide bonds. The van der Waals surface area contributed by atoms with Gasteiger partial charge in [0.05, 0.1) is 10.0 Å². The van der Waals surface area contributed by atoms with Crippen molar-refractivity contribution < 1.29 is 4.42 Å². The first-order valence-electron chi connectivity index (χ1n) is 5.18. The molecule has 1 heterocycles. The number of rotatable bonds is 1. The third kappa shape index (κ3) is 1.82. The molecular formula is C14H8Cl2O. The average Bonchev–Trinajstić information content (AvgIpc) is 2.76. The normalized spacial score (nSPS) is 10.9. The smallest absolute Gasteiger partial charge is 0.136 e. The van der Waals surface area contributed by atoms with Crippen molar-refractivity contribution in [1.82, 2.24) is 0 Å². The Bertz CT molecular complexity index is 653. The fourth-order valence-corrected chi connectivity index (χ4v) is 2.20. The van der Waals surface area contributed by atoms with Gasteiger partial charge in [-0.15, -0.1) is 0 Å². The van der Waals surface area contributed by atoms with Gasteiger partial charge in [0.25, 0.3) is 0 Å². The quantitative estimate of drug-likeness (QED) is 0.572. The van der Waals surface area contributed by atoms with Crippen LogP contribution in [0.25, 0.3) is 22.3 Å². The Hall–Kier alpha value is -1.44. The van der Waals surface area contributed by atoms with Gasteiger partial charge in [0.15, 0.2) is 0 Å². The lowest BCUT2D eigenvalue weighted by Crippen LogP contribution is -1.76. The van der Waals surface area contributed by atoms with E-state index in [1.807, 2.05) is 42.5 Å². The van der Waals surface area contributed by atoms with Gasteiger partial charge in [0, 0.05) is 10.9 Å². The highest BCUT2D eigenvalue weighted by atomic mass is 35.5. The number of hydrogen-bond donors (Lipinski definition) is 0. The largest absolute Gasteiger partial charge is 0.456 e. The second kappa shape index (κ2) is 4.10. The Balaban J connectivity index is 2.24. The fraction of sp³-hybridized carbons (Fsp3) is 0. The SMILES string of the molecule is Clc1cccc(-c2cc3ccccc3o2)c1Cl. The zero-order valence-corrected chi connectivity index (χ0v) is 10.3. The van der Waals surface area contributed by atoms with E-state index < -0.39 is 0 Å². The van der Waals surface area contributed by atoms with Crippen molar-refractivity contribution >= 4 is 34.2 Å². The standard InChI is InChI=1S/C14H8Cl2O/c15-11-6-3-5-10(14(11)16)13-8-9-4-1-2-7-12(9)17-13/h1-8H. The van der Waals surface area contributed by atoms with Gasteiger partial charge in [0.2, 0.25) is 0 Å². The van der Waals surface area contributed by atoms with Crippen molar-refractivity contribution in [2.24, 2.45) is 0 Å². The molecule has 2 aromatic carbocycles. The van der Waals surface area contributed by atoms with E-state index in [0.717, 1.165) is 22.3 Å². The third-order valence-electron chi connectivity index (χ3n) is 2.64. The maximum atomic E-state index is 6.16. The first-order valence-corrected chi connectivity index (χ1v) is 5.94. The van der Waals surface area contributed by atoms with Crippen LogP contribution in [0.3, 0.4) is 0 Å². The Kier molecular flexibility index (Phi) is 2.58. The lowest BCUT2D eigenvalue weighted by atomic mass is 10.1. The molecule has 0 unspecified atom stereocenters. The van der Waals surface area contributed by atoms with Crippen LogP contribution in [0.2, 0.25) is 10.0 Å². The molecule has 0 saturated carbocycles. The molecule has 84 valence electrons. The molecule has 0 spiro atoms. The Morgan fingerprint density at radius 2 is 1.71 bits per heavy atom. The molecule has 0 fully saturated rings. The van der Waals surface area contributed by atoms with Crippen LogP contribution in [0, 0.1) is 0 Å². The number of benzene rings is 2. The first-order chi connectivity index (χ1) is 8.25. The molecule has 3 rings (SSSR count). The summed E-state index contributed by atoms with van der Waals surface area (Å²) in [4.78, 5) is 0. The number of fused-ring (bicyclic) bond motifs is 1. The van der Waals surface area contributed by atoms with Crippen molar-refractivity contribution in [2.75, 3.05) is 0 Å². The molecule has 0 saturated heterocycles. The van der Waals surface area contributed by atoms with Crippen LogP contribution in [-0.4, -0.2) is 0 Å². The minimum absolute atomic E-state index is 0.522. The van der Waals surface area contributed by atoms with Crippen molar-refractivity contribution in [3.05, 3.63) is 58.6 Å². The molecule has 0 aliphatic heterocycles. The molecule has 0 atom stereocenters. The molecule has 3 aromatic rings. The summed E-state index contributed by atoms with van der Waals surface area (Å²) in [5.74, 6) is 0.735. The lowest BCUT2D eigenvalue weighted by molar-refractivity contribution is 0.631. The Morgan fingerprint density at radius 3 is 2.53 bits per heavy atom. The molecule has 0 aliphatic carbocycles. The van der Waals surface area contributed by atoms with Crippen LogP contribution in [0.15, 0.2) is 52.9 Å². The van der Waals surface area contributed by atoms with Gasteiger partial charge in [-0.25, -0.2) is 0 Å².